The number of alkyl halides is 1. The fraction of sp³-hybridized carbons (Fsp3) is 0.625. The van der Waals surface area contributed by atoms with Crippen molar-refractivity contribution in [1.29, 1.82) is 0 Å². The largest absolute Gasteiger partial charge is 0.373 e. The van der Waals surface area contributed by atoms with Crippen molar-refractivity contribution in [2.45, 2.75) is 57.6 Å². The van der Waals surface area contributed by atoms with Crippen LogP contribution in [0.4, 0.5) is 0 Å². The molecule has 7 heteroatoms. The lowest BCUT2D eigenvalue weighted by atomic mass is 9.78. The molecule has 0 aliphatic carbocycles. The molecule has 0 aliphatic heterocycles. The highest BCUT2D eigenvalue weighted by Crippen LogP contribution is 2.65. The molecule has 0 aliphatic rings. The summed E-state index contributed by atoms with van der Waals surface area (Å²) in [5.41, 5.74) is 0.303. The zero-order chi connectivity index (χ0) is 18.4. The maximum absolute atomic E-state index is 12.1. The third kappa shape index (κ3) is 3.70. The second-order valence-electron chi connectivity index (χ2n) is 7.81. The molecule has 0 aromatic heterocycles. The van der Waals surface area contributed by atoms with Gasteiger partial charge in [-0.2, -0.15) is 0 Å². The highest BCUT2D eigenvalue weighted by Gasteiger charge is 2.56. The van der Waals surface area contributed by atoms with E-state index in [1.807, 2.05) is 20.8 Å². The van der Waals surface area contributed by atoms with Crippen LogP contribution in [0.25, 0.3) is 0 Å². The monoisotopic (exact) mass is 426 g/mol. The molecular weight excluding hydrogens is 403 g/mol. The first-order valence-corrected chi connectivity index (χ1v) is 10.4. The third-order valence-electron chi connectivity index (χ3n) is 3.97. The van der Waals surface area contributed by atoms with Gasteiger partial charge in [0.25, 0.3) is 0 Å². The Labute approximate surface area is 151 Å². The molecule has 0 saturated heterocycles. The third-order valence-corrected chi connectivity index (χ3v) is 6.72. The Morgan fingerprint density at radius 2 is 1.61 bits per heavy atom. The molecule has 0 bridgehead atoms. The van der Waals surface area contributed by atoms with Gasteiger partial charge in [-0.15, -0.1) is 0 Å². The van der Waals surface area contributed by atoms with Gasteiger partial charge in [-0.1, -0.05) is 81.2 Å². The summed E-state index contributed by atoms with van der Waals surface area (Å²) in [4.78, 5) is 19.7. The van der Waals surface area contributed by atoms with Gasteiger partial charge >= 0.3 is 7.60 Å². The zero-order valence-electron chi connectivity index (χ0n) is 14.3. The Balaban J connectivity index is 3.90. The van der Waals surface area contributed by atoms with E-state index in [1.54, 1.807) is 26.8 Å². The van der Waals surface area contributed by atoms with Crippen LogP contribution >= 0.6 is 35.1 Å². The van der Waals surface area contributed by atoms with Gasteiger partial charge in [0, 0.05) is 16.3 Å². The second-order valence-corrected chi connectivity index (χ2v) is 10.5. The van der Waals surface area contributed by atoms with Crippen LogP contribution in [0.1, 0.15) is 58.2 Å². The van der Waals surface area contributed by atoms with E-state index in [0.717, 1.165) is 11.1 Å². The number of halogens is 2. The molecule has 23 heavy (non-hydrogen) atoms. The molecule has 1 rings (SSSR count). The van der Waals surface area contributed by atoms with Crippen LogP contribution < -0.4 is 0 Å². The zero-order valence-corrected chi connectivity index (χ0v) is 17.6. The quantitative estimate of drug-likeness (QED) is 0.473. The van der Waals surface area contributed by atoms with Crippen molar-refractivity contribution >= 4 is 35.1 Å². The average Bonchev–Trinajstić information content (AvgIpc) is 2.32. The highest BCUT2D eigenvalue weighted by molar-refractivity contribution is 9.08. The molecule has 3 N–H and O–H groups in total. The normalized spacial score (nSPS) is 16.3. The summed E-state index contributed by atoms with van der Waals surface area (Å²) in [7, 11) is -4.89. The van der Waals surface area contributed by atoms with E-state index in [0.29, 0.717) is 5.33 Å². The molecular formula is C16H25BrClO4P. The number of hydrogen-bond acceptors (Lipinski definition) is 2. The van der Waals surface area contributed by atoms with Crippen LogP contribution in [0.15, 0.2) is 12.1 Å². The first-order chi connectivity index (χ1) is 10.1. The molecule has 1 atom stereocenters. The van der Waals surface area contributed by atoms with Gasteiger partial charge in [-0.3, -0.25) is 4.57 Å². The van der Waals surface area contributed by atoms with E-state index in [2.05, 4.69) is 15.9 Å². The summed E-state index contributed by atoms with van der Waals surface area (Å²) in [5, 5.41) is 9.42. The van der Waals surface area contributed by atoms with Gasteiger partial charge in [0.1, 0.15) is 0 Å². The lowest BCUT2D eigenvalue weighted by molar-refractivity contribution is -0.00891. The van der Waals surface area contributed by atoms with Crippen molar-refractivity contribution < 1.29 is 19.5 Å². The van der Waals surface area contributed by atoms with E-state index in [-0.39, 0.29) is 16.0 Å². The van der Waals surface area contributed by atoms with Crippen molar-refractivity contribution in [2.75, 3.05) is 0 Å². The molecule has 132 valence electrons. The Hall–Kier alpha value is 0.1000. The summed E-state index contributed by atoms with van der Waals surface area (Å²) < 4.78 is 12.1. The Bertz CT molecular complexity index is 643. The minimum absolute atomic E-state index is 0.0645. The molecule has 0 amide bonds. The van der Waals surface area contributed by atoms with Crippen LogP contribution in [0.2, 0.25) is 5.02 Å². The van der Waals surface area contributed by atoms with E-state index in [9.17, 15) is 19.5 Å². The van der Waals surface area contributed by atoms with Crippen LogP contribution in [-0.4, -0.2) is 14.9 Å². The predicted octanol–water partition coefficient (Wildman–Crippen LogP) is 4.90. The van der Waals surface area contributed by atoms with E-state index < -0.39 is 18.4 Å². The van der Waals surface area contributed by atoms with E-state index in [4.69, 9.17) is 11.6 Å². The summed E-state index contributed by atoms with van der Waals surface area (Å²) in [6.07, 6.45) is 0. The fourth-order valence-corrected chi connectivity index (χ4v) is 5.32. The molecule has 4 nitrogen and oxygen atoms in total. The lowest BCUT2D eigenvalue weighted by Gasteiger charge is -2.42. The van der Waals surface area contributed by atoms with Gasteiger partial charge in [-0.05, 0) is 16.5 Å². The first kappa shape index (κ1) is 21.1. The molecule has 1 aromatic carbocycles. The number of rotatable bonds is 3. The van der Waals surface area contributed by atoms with Crippen LogP contribution in [0, 0.1) is 5.41 Å². The summed E-state index contributed by atoms with van der Waals surface area (Å²) >= 11 is 9.96. The van der Waals surface area contributed by atoms with Gasteiger partial charge in [0.15, 0.2) is 5.34 Å². The Kier molecular flexibility index (Phi) is 5.92. The molecule has 1 aromatic rings. The number of hydrogen-bond donors (Lipinski definition) is 3. The molecule has 0 heterocycles. The van der Waals surface area contributed by atoms with Gasteiger partial charge in [-0.25, -0.2) is 0 Å². The minimum atomic E-state index is -4.89. The van der Waals surface area contributed by atoms with Crippen molar-refractivity contribution in [2.24, 2.45) is 5.41 Å². The molecule has 0 radical (unpaired) electrons. The number of aliphatic hydroxyl groups is 1. The highest BCUT2D eigenvalue weighted by atomic mass is 79.9. The molecule has 0 spiro atoms. The van der Waals surface area contributed by atoms with Crippen molar-refractivity contribution in [3.63, 3.8) is 0 Å². The lowest BCUT2D eigenvalue weighted by Crippen LogP contribution is -2.40. The van der Waals surface area contributed by atoms with Crippen LogP contribution in [0.5, 0.6) is 0 Å². The summed E-state index contributed by atoms with van der Waals surface area (Å²) in [5.74, 6) is 0. The maximum Gasteiger partial charge on any atom is 0.361 e. The van der Waals surface area contributed by atoms with Gasteiger partial charge in [0.2, 0.25) is 0 Å². The van der Waals surface area contributed by atoms with E-state index in [1.165, 1.54) is 6.07 Å². The molecule has 0 fully saturated rings. The van der Waals surface area contributed by atoms with Crippen molar-refractivity contribution in [3.05, 3.63) is 33.8 Å². The summed E-state index contributed by atoms with van der Waals surface area (Å²) in [6, 6.07) is 3.27. The van der Waals surface area contributed by atoms with Crippen LogP contribution in [0.3, 0.4) is 0 Å². The molecule has 1 unspecified atom stereocenters. The van der Waals surface area contributed by atoms with Crippen LogP contribution in [-0.2, 0) is 20.7 Å². The number of benzene rings is 1. The van der Waals surface area contributed by atoms with Gasteiger partial charge in [0.05, 0.1) is 5.02 Å². The average molecular weight is 428 g/mol. The Morgan fingerprint density at radius 1 is 1.13 bits per heavy atom. The van der Waals surface area contributed by atoms with Gasteiger partial charge < -0.3 is 14.9 Å². The first-order valence-electron chi connectivity index (χ1n) is 7.25. The van der Waals surface area contributed by atoms with Crippen molar-refractivity contribution in [3.8, 4) is 0 Å². The predicted molar refractivity (Wildman–Crippen MR) is 98.2 cm³/mol. The summed E-state index contributed by atoms with van der Waals surface area (Å²) in [6.45, 7) is 10.7. The topological polar surface area (TPSA) is 77.8 Å². The molecule has 0 saturated carbocycles. The standard InChI is InChI=1S/C16H25BrClO4P/c1-14(2,3)12-10(9-17)7-8-11(13(12)18)16(19,15(4,5)6)23(20,21)22/h7-8,19H,9H2,1-6H3,(H2,20,21,22). The second kappa shape index (κ2) is 6.44. The smallest absolute Gasteiger partial charge is 0.361 e. The minimum Gasteiger partial charge on any atom is -0.373 e. The van der Waals surface area contributed by atoms with E-state index >= 15 is 0 Å². The Morgan fingerprint density at radius 3 is 1.91 bits per heavy atom. The maximum atomic E-state index is 12.1. The van der Waals surface area contributed by atoms with Crippen molar-refractivity contribution in [1.82, 2.24) is 0 Å². The fourth-order valence-electron chi connectivity index (χ4n) is 2.81. The SMILES string of the molecule is CC(C)(C)c1c(CBr)ccc(C(O)(C(C)(C)C)P(=O)(O)O)c1Cl.